The summed E-state index contributed by atoms with van der Waals surface area (Å²) >= 11 is -0.0106. The number of carbonyl (C=O) groups excluding carboxylic acids is 1. The highest BCUT2D eigenvalue weighted by atomic mass is 32.2. The normalized spacial score (nSPS) is 10.7. The van der Waals surface area contributed by atoms with Gasteiger partial charge in [0, 0.05) is 12.1 Å². The Labute approximate surface area is 145 Å². The van der Waals surface area contributed by atoms with E-state index in [1.54, 1.807) is 0 Å². The van der Waals surface area contributed by atoms with Crippen LogP contribution in [-0.2, 0) is 4.79 Å². The fraction of sp³-hybridized carbons (Fsp3) is 0.0714. The number of rotatable bonds is 5. The number of halogens is 6. The van der Waals surface area contributed by atoms with Crippen molar-refractivity contribution in [2.45, 2.75) is 4.90 Å². The molecule has 0 spiro atoms. The average Bonchev–Trinajstić information content (AvgIpc) is 2.60. The van der Waals surface area contributed by atoms with Crippen LogP contribution >= 0.6 is 11.8 Å². The summed E-state index contributed by atoms with van der Waals surface area (Å²) in [5.74, 6) is -13.9. The third-order valence-corrected chi connectivity index (χ3v) is 4.01. The third-order valence-electron chi connectivity index (χ3n) is 2.95. The van der Waals surface area contributed by atoms with Gasteiger partial charge in [0.25, 0.3) is 5.69 Å². The van der Waals surface area contributed by atoms with Gasteiger partial charge in [0.05, 0.1) is 21.3 Å². The van der Waals surface area contributed by atoms with Crippen molar-refractivity contribution >= 4 is 29.0 Å². The highest BCUT2D eigenvalue weighted by molar-refractivity contribution is 8.00. The monoisotopic (exact) mass is 396 g/mol. The summed E-state index contributed by atoms with van der Waals surface area (Å²) in [5.41, 5.74) is -1.11. The summed E-state index contributed by atoms with van der Waals surface area (Å²) in [7, 11) is 0. The van der Waals surface area contributed by atoms with Gasteiger partial charge in [0.1, 0.15) is 5.82 Å². The lowest BCUT2D eigenvalue weighted by Crippen LogP contribution is -2.16. The highest BCUT2D eigenvalue weighted by Gasteiger charge is 2.26. The summed E-state index contributed by atoms with van der Waals surface area (Å²) in [6, 6.07) is 2.26. The SMILES string of the molecule is O=C(CSc1c(F)c(F)c(F)c(F)c1F)Nc1cc([N+](=O)[O-])ccc1F. The van der Waals surface area contributed by atoms with E-state index in [9.17, 15) is 41.3 Å². The molecule has 138 valence electrons. The molecule has 0 saturated carbocycles. The largest absolute Gasteiger partial charge is 0.323 e. The molecule has 0 atom stereocenters. The standard InChI is InChI=1S/C14H6F6N2O3S/c15-6-2-1-5(22(24)25)3-7(6)21-8(23)4-26-14-12(19)10(17)9(16)11(18)13(14)20/h1-3H,4H2,(H,21,23). The lowest BCUT2D eigenvalue weighted by atomic mass is 10.2. The average molecular weight is 396 g/mol. The van der Waals surface area contributed by atoms with E-state index in [0.29, 0.717) is 12.1 Å². The molecule has 0 aliphatic heterocycles. The molecule has 0 bridgehead atoms. The van der Waals surface area contributed by atoms with Crippen molar-refractivity contribution in [1.82, 2.24) is 0 Å². The molecule has 0 radical (unpaired) electrons. The first-order valence-corrected chi connectivity index (χ1v) is 7.50. The van der Waals surface area contributed by atoms with Crippen LogP contribution < -0.4 is 5.32 Å². The minimum atomic E-state index is -2.34. The van der Waals surface area contributed by atoms with Crippen molar-refractivity contribution in [3.05, 3.63) is 63.2 Å². The number of nitro benzene ring substituents is 1. The zero-order chi connectivity index (χ0) is 19.6. The van der Waals surface area contributed by atoms with E-state index in [4.69, 9.17) is 0 Å². The lowest BCUT2D eigenvalue weighted by molar-refractivity contribution is -0.384. The Balaban J connectivity index is 2.16. The number of hydrogen-bond acceptors (Lipinski definition) is 4. The van der Waals surface area contributed by atoms with Crippen LogP contribution in [0.25, 0.3) is 0 Å². The summed E-state index contributed by atoms with van der Waals surface area (Å²) in [4.78, 5) is 20.2. The second-order valence-electron chi connectivity index (χ2n) is 4.66. The Morgan fingerprint density at radius 3 is 2.08 bits per heavy atom. The summed E-state index contributed by atoms with van der Waals surface area (Å²) in [5, 5.41) is 12.5. The molecule has 0 heterocycles. The fourth-order valence-corrected chi connectivity index (χ4v) is 2.54. The van der Waals surface area contributed by atoms with Crippen molar-refractivity contribution in [3.8, 4) is 0 Å². The van der Waals surface area contributed by atoms with Crippen molar-refractivity contribution in [2.24, 2.45) is 0 Å². The summed E-state index contributed by atoms with van der Waals surface area (Å²) < 4.78 is 79.5. The van der Waals surface area contributed by atoms with Gasteiger partial charge in [-0.25, -0.2) is 26.3 Å². The van der Waals surface area contributed by atoms with Crippen LogP contribution in [0.4, 0.5) is 37.7 Å². The molecule has 0 saturated heterocycles. The van der Waals surface area contributed by atoms with Crippen molar-refractivity contribution < 1.29 is 36.1 Å². The topological polar surface area (TPSA) is 72.2 Å². The number of thioether (sulfide) groups is 1. The molecular formula is C14H6F6N2O3S. The van der Waals surface area contributed by atoms with E-state index in [2.05, 4.69) is 0 Å². The Hall–Kier alpha value is -2.76. The van der Waals surface area contributed by atoms with Gasteiger partial charge in [0.15, 0.2) is 23.3 Å². The van der Waals surface area contributed by atoms with Crippen LogP contribution in [0.2, 0.25) is 0 Å². The number of nitrogens with zero attached hydrogens (tertiary/aromatic N) is 1. The van der Waals surface area contributed by atoms with Crippen molar-refractivity contribution in [1.29, 1.82) is 0 Å². The van der Waals surface area contributed by atoms with Gasteiger partial charge in [0.2, 0.25) is 11.7 Å². The van der Waals surface area contributed by atoms with Crippen LogP contribution in [0.3, 0.4) is 0 Å². The second kappa shape index (κ2) is 7.64. The van der Waals surface area contributed by atoms with Gasteiger partial charge >= 0.3 is 0 Å². The summed E-state index contributed by atoms with van der Waals surface area (Å²) in [6.07, 6.45) is 0. The predicted molar refractivity (Wildman–Crippen MR) is 78.6 cm³/mol. The molecule has 0 aromatic heterocycles. The maximum absolute atomic E-state index is 13.5. The van der Waals surface area contributed by atoms with Gasteiger partial charge in [-0.3, -0.25) is 14.9 Å². The molecule has 0 unspecified atom stereocenters. The number of non-ortho nitro benzene ring substituents is 1. The number of benzene rings is 2. The Morgan fingerprint density at radius 2 is 1.54 bits per heavy atom. The van der Waals surface area contributed by atoms with Gasteiger partial charge in [-0.05, 0) is 6.07 Å². The molecule has 12 heteroatoms. The molecule has 2 aromatic carbocycles. The Morgan fingerprint density at radius 1 is 1.00 bits per heavy atom. The van der Waals surface area contributed by atoms with Gasteiger partial charge in [-0.1, -0.05) is 0 Å². The molecule has 26 heavy (non-hydrogen) atoms. The maximum Gasteiger partial charge on any atom is 0.271 e. The molecule has 2 aromatic rings. The van der Waals surface area contributed by atoms with Crippen LogP contribution in [0.1, 0.15) is 0 Å². The van der Waals surface area contributed by atoms with Gasteiger partial charge < -0.3 is 5.32 Å². The quantitative estimate of drug-likeness (QED) is 0.206. The van der Waals surface area contributed by atoms with Crippen LogP contribution in [0.5, 0.6) is 0 Å². The van der Waals surface area contributed by atoms with Crippen molar-refractivity contribution in [2.75, 3.05) is 11.1 Å². The zero-order valence-electron chi connectivity index (χ0n) is 12.3. The highest BCUT2D eigenvalue weighted by Crippen LogP contribution is 2.31. The Kier molecular flexibility index (Phi) is 5.75. The first-order chi connectivity index (χ1) is 12.1. The van der Waals surface area contributed by atoms with E-state index >= 15 is 0 Å². The van der Waals surface area contributed by atoms with Crippen LogP contribution in [0, 0.1) is 45.0 Å². The van der Waals surface area contributed by atoms with Gasteiger partial charge in [-0.15, -0.1) is 11.8 Å². The van der Waals surface area contributed by atoms with E-state index in [1.165, 1.54) is 0 Å². The number of carbonyl (C=O) groups is 1. The molecule has 5 nitrogen and oxygen atoms in total. The smallest absolute Gasteiger partial charge is 0.271 e. The molecule has 1 N–H and O–H groups in total. The van der Waals surface area contributed by atoms with E-state index in [-0.39, 0.29) is 11.8 Å². The van der Waals surface area contributed by atoms with E-state index in [0.717, 1.165) is 6.07 Å². The third kappa shape index (κ3) is 3.90. The van der Waals surface area contributed by atoms with E-state index in [1.807, 2.05) is 5.32 Å². The summed E-state index contributed by atoms with van der Waals surface area (Å²) in [6.45, 7) is 0. The number of amides is 1. The van der Waals surface area contributed by atoms with Crippen molar-refractivity contribution in [3.63, 3.8) is 0 Å². The zero-order valence-corrected chi connectivity index (χ0v) is 13.1. The van der Waals surface area contributed by atoms with E-state index < -0.39 is 67.8 Å². The van der Waals surface area contributed by atoms with Crippen LogP contribution in [-0.4, -0.2) is 16.6 Å². The molecule has 1 amide bonds. The number of hydrogen-bond donors (Lipinski definition) is 1. The minimum Gasteiger partial charge on any atom is -0.323 e. The number of nitro groups is 1. The molecule has 0 aliphatic carbocycles. The molecule has 0 aliphatic rings. The maximum atomic E-state index is 13.5. The second-order valence-corrected chi connectivity index (χ2v) is 5.64. The number of nitrogens with one attached hydrogen (secondary N) is 1. The van der Waals surface area contributed by atoms with Gasteiger partial charge in [-0.2, -0.15) is 0 Å². The molecule has 0 fully saturated rings. The molecular weight excluding hydrogens is 390 g/mol. The Bertz CT molecular complexity index is 880. The predicted octanol–water partition coefficient (Wildman–Crippen LogP) is 4.16. The van der Waals surface area contributed by atoms with Crippen LogP contribution in [0.15, 0.2) is 23.1 Å². The first kappa shape index (κ1) is 19.6. The fourth-order valence-electron chi connectivity index (χ4n) is 1.76. The first-order valence-electron chi connectivity index (χ1n) is 6.51. The lowest BCUT2D eigenvalue weighted by Gasteiger charge is -2.09. The minimum absolute atomic E-state index is 0.0106. The molecule has 2 rings (SSSR count). The number of anilines is 1.